The molecule has 21 heavy (non-hydrogen) atoms. The predicted molar refractivity (Wildman–Crippen MR) is 73.8 cm³/mol. The number of hydrogen-bond donors (Lipinski definition) is 2. The van der Waals surface area contributed by atoms with Crippen molar-refractivity contribution in [1.29, 1.82) is 0 Å². The number of methoxy groups -OCH3 is 1. The molecule has 0 aliphatic heterocycles. The van der Waals surface area contributed by atoms with Crippen LogP contribution in [0.3, 0.4) is 0 Å². The molecule has 112 valence electrons. The van der Waals surface area contributed by atoms with Crippen LogP contribution in [-0.4, -0.2) is 13.5 Å². The van der Waals surface area contributed by atoms with E-state index in [9.17, 15) is 13.2 Å². The Morgan fingerprint density at radius 2 is 1.81 bits per heavy atom. The average Bonchev–Trinajstić information content (AvgIpc) is 2.38. The van der Waals surface area contributed by atoms with Crippen LogP contribution in [0.15, 0.2) is 42.5 Å². The van der Waals surface area contributed by atoms with Crippen molar-refractivity contribution in [2.75, 3.05) is 18.2 Å². The average molecular weight is 298 g/mol. The molecule has 0 spiro atoms. The molecule has 0 aliphatic rings. The molecule has 0 saturated carbocycles. The van der Waals surface area contributed by atoms with Crippen molar-refractivity contribution in [2.24, 2.45) is 0 Å². The molecule has 0 unspecified atom stereocenters. The smallest absolute Gasteiger partial charge is 0.497 e. The van der Waals surface area contributed by atoms with Crippen LogP contribution in [0.1, 0.15) is 0 Å². The van der Waals surface area contributed by atoms with Gasteiger partial charge in [0, 0.05) is 23.5 Å². The number of benzene rings is 2. The zero-order chi connectivity index (χ0) is 15.5. The summed E-state index contributed by atoms with van der Waals surface area (Å²) in [5.74, 6) is 0.165. The molecular weight excluding hydrogens is 285 g/mol. The number of halogens is 3. The van der Waals surface area contributed by atoms with Crippen LogP contribution in [0.4, 0.5) is 30.2 Å². The highest BCUT2D eigenvalue weighted by molar-refractivity contribution is 5.70. The van der Waals surface area contributed by atoms with E-state index in [1.165, 1.54) is 25.3 Å². The molecule has 0 amide bonds. The molecule has 0 fully saturated rings. The summed E-state index contributed by atoms with van der Waals surface area (Å²) in [7, 11) is 1.47. The summed E-state index contributed by atoms with van der Waals surface area (Å²) in [5.41, 5.74) is 6.78. The highest BCUT2D eigenvalue weighted by Crippen LogP contribution is 2.33. The lowest BCUT2D eigenvalue weighted by Crippen LogP contribution is -2.17. The van der Waals surface area contributed by atoms with E-state index in [4.69, 9.17) is 10.5 Å². The summed E-state index contributed by atoms with van der Waals surface area (Å²) in [6, 6.07) is 10.5. The van der Waals surface area contributed by atoms with Crippen molar-refractivity contribution in [2.45, 2.75) is 6.36 Å². The number of nitrogen functional groups attached to an aromatic ring is 1. The first-order valence-electron chi connectivity index (χ1n) is 5.94. The molecule has 0 heterocycles. The van der Waals surface area contributed by atoms with Gasteiger partial charge in [0.25, 0.3) is 0 Å². The first-order valence-corrected chi connectivity index (χ1v) is 5.94. The van der Waals surface area contributed by atoms with Crippen LogP contribution in [0.25, 0.3) is 0 Å². The van der Waals surface area contributed by atoms with Crippen LogP contribution < -0.4 is 20.5 Å². The Labute approximate surface area is 119 Å². The van der Waals surface area contributed by atoms with E-state index < -0.39 is 6.36 Å². The van der Waals surface area contributed by atoms with Gasteiger partial charge in [-0.25, -0.2) is 0 Å². The van der Waals surface area contributed by atoms with Crippen molar-refractivity contribution in [3.63, 3.8) is 0 Å². The van der Waals surface area contributed by atoms with Gasteiger partial charge in [0.05, 0.1) is 12.8 Å². The van der Waals surface area contributed by atoms with Gasteiger partial charge < -0.3 is 20.5 Å². The third-order valence-corrected chi connectivity index (χ3v) is 2.56. The molecule has 0 atom stereocenters. The number of nitrogens with one attached hydrogen (secondary N) is 1. The van der Waals surface area contributed by atoms with E-state index in [1.54, 1.807) is 24.3 Å². The maximum Gasteiger partial charge on any atom is 0.573 e. The molecule has 7 heteroatoms. The molecule has 2 aromatic carbocycles. The molecule has 4 nitrogen and oxygen atoms in total. The maximum atomic E-state index is 12.4. The number of ether oxygens (including phenoxy) is 2. The quantitative estimate of drug-likeness (QED) is 0.840. The molecular formula is C14H13F3N2O2. The van der Waals surface area contributed by atoms with Crippen molar-refractivity contribution in [3.8, 4) is 11.5 Å². The van der Waals surface area contributed by atoms with E-state index in [-0.39, 0.29) is 11.4 Å². The molecule has 0 saturated heterocycles. The lowest BCUT2D eigenvalue weighted by atomic mass is 10.2. The second kappa shape index (κ2) is 5.82. The van der Waals surface area contributed by atoms with Gasteiger partial charge in [-0.15, -0.1) is 13.2 Å². The van der Waals surface area contributed by atoms with Crippen LogP contribution in [0.5, 0.6) is 11.5 Å². The number of rotatable bonds is 4. The summed E-state index contributed by atoms with van der Waals surface area (Å²) in [5, 5.41) is 2.83. The first-order chi connectivity index (χ1) is 9.87. The standard InChI is InChI=1S/C14H13F3N2O2/c1-20-11-7-9(18)6-10(8-11)19-12-4-2-3-5-13(12)21-14(15,16)17/h2-8,19H,18H2,1H3. The Balaban J connectivity index is 2.29. The number of alkyl halides is 3. The molecule has 0 bridgehead atoms. The van der Waals surface area contributed by atoms with Crippen LogP contribution in [0, 0.1) is 0 Å². The second-order valence-corrected chi connectivity index (χ2v) is 4.16. The van der Waals surface area contributed by atoms with Gasteiger partial charge in [-0.2, -0.15) is 0 Å². The topological polar surface area (TPSA) is 56.5 Å². The van der Waals surface area contributed by atoms with E-state index in [0.717, 1.165) is 0 Å². The predicted octanol–water partition coefficient (Wildman–Crippen LogP) is 3.92. The molecule has 0 aromatic heterocycles. The van der Waals surface area contributed by atoms with Crippen LogP contribution in [-0.2, 0) is 0 Å². The van der Waals surface area contributed by atoms with Gasteiger partial charge >= 0.3 is 6.36 Å². The van der Waals surface area contributed by atoms with E-state index >= 15 is 0 Å². The van der Waals surface area contributed by atoms with Gasteiger partial charge in [-0.1, -0.05) is 12.1 Å². The zero-order valence-corrected chi connectivity index (χ0v) is 11.1. The van der Waals surface area contributed by atoms with Gasteiger partial charge in [-0.3, -0.25) is 0 Å². The fraction of sp³-hybridized carbons (Fsp3) is 0.143. The minimum Gasteiger partial charge on any atom is -0.497 e. The van der Waals surface area contributed by atoms with Crippen molar-refractivity contribution >= 4 is 17.1 Å². The normalized spacial score (nSPS) is 11.0. The summed E-state index contributed by atoms with van der Waals surface area (Å²) in [4.78, 5) is 0. The van der Waals surface area contributed by atoms with Crippen molar-refractivity contribution in [1.82, 2.24) is 0 Å². The molecule has 2 rings (SSSR count). The lowest BCUT2D eigenvalue weighted by molar-refractivity contribution is -0.274. The van der Waals surface area contributed by atoms with E-state index in [2.05, 4.69) is 10.1 Å². The van der Waals surface area contributed by atoms with Gasteiger partial charge in [0.1, 0.15) is 5.75 Å². The Kier molecular flexibility index (Phi) is 4.11. The van der Waals surface area contributed by atoms with Gasteiger partial charge in [0.15, 0.2) is 5.75 Å². The SMILES string of the molecule is COc1cc(N)cc(Nc2ccccc2OC(F)(F)F)c1. The molecule has 0 radical (unpaired) electrons. The Morgan fingerprint density at radius 3 is 2.48 bits per heavy atom. The summed E-state index contributed by atoms with van der Waals surface area (Å²) in [6.07, 6.45) is -4.76. The minimum absolute atomic E-state index is 0.169. The maximum absolute atomic E-state index is 12.4. The van der Waals surface area contributed by atoms with E-state index in [0.29, 0.717) is 17.1 Å². The summed E-state index contributed by atoms with van der Waals surface area (Å²) < 4.78 is 46.1. The Bertz CT molecular complexity index is 630. The summed E-state index contributed by atoms with van der Waals surface area (Å²) in [6.45, 7) is 0. The third kappa shape index (κ3) is 4.20. The fourth-order valence-corrected chi connectivity index (χ4v) is 1.75. The fourth-order valence-electron chi connectivity index (χ4n) is 1.75. The highest BCUT2D eigenvalue weighted by atomic mass is 19.4. The van der Waals surface area contributed by atoms with Crippen molar-refractivity contribution in [3.05, 3.63) is 42.5 Å². The third-order valence-electron chi connectivity index (χ3n) is 2.56. The van der Waals surface area contributed by atoms with Gasteiger partial charge in [0.2, 0.25) is 0 Å². The number of para-hydroxylation sites is 2. The summed E-state index contributed by atoms with van der Waals surface area (Å²) >= 11 is 0. The Hall–Kier alpha value is -2.57. The molecule has 0 aliphatic carbocycles. The first kappa shape index (κ1) is 14.8. The van der Waals surface area contributed by atoms with Crippen LogP contribution in [0.2, 0.25) is 0 Å². The number of hydrogen-bond acceptors (Lipinski definition) is 4. The second-order valence-electron chi connectivity index (χ2n) is 4.16. The largest absolute Gasteiger partial charge is 0.573 e. The minimum atomic E-state index is -4.76. The van der Waals surface area contributed by atoms with Crippen molar-refractivity contribution < 1.29 is 22.6 Å². The molecule has 3 N–H and O–H groups in total. The monoisotopic (exact) mass is 298 g/mol. The molecule has 2 aromatic rings. The van der Waals surface area contributed by atoms with Crippen LogP contribution >= 0.6 is 0 Å². The highest BCUT2D eigenvalue weighted by Gasteiger charge is 2.32. The Morgan fingerprint density at radius 1 is 1.10 bits per heavy atom. The number of nitrogens with two attached hydrogens (primary N) is 1. The van der Waals surface area contributed by atoms with Gasteiger partial charge in [-0.05, 0) is 18.2 Å². The number of anilines is 3. The lowest BCUT2D eigenvalue weighted by Gasteiger charge is -2.15. The zero-order valence-electron chi connectivity index (χ0n) is 11.1. The van der Waals surface area contributed by atoms with E-state index in [1.807, 2.05) is 0 Å².